The topological polar surface area (TPSA) is 82.5 Å². The Morgan fingerprint density at radius 3 is 2.68 bits per heavy atom. The lowest BCUT2D eigenvalue weighted by Crippen LogP contribution is -2.29. The Hall–Kier alpha value is -3.61. The first-order chi connectivity index (χ1) is 13.5. The van der Waals surface area contributed by atoms with Gasteiger partial charge in [-0.1, -0.05) is 12.1 Å². The third-order valence-corrected chi connectivity index (χ3v) is 4.62. The molecule has 0 fully saturated rings. The summed E-state index contributed by atoms with van der Waals surface area (Å²) < 4.78 is 11.7. The van der Waals surface area contributed by atoms with E-state index < -0.39 is 0 Å². The molecule has 4 rings (SSSR count). The summed E-state index contributed by atoms with van der Waals surface area (Å²) in [4.78, 5) is 24.5. The van der Waals surface area contributed by atoms with E-state index in [-0.39, 0.29) is 24.8 Å². The highest BCUT2D eigenvalue weighted by molar-refractivity contribution is 5.90. The van der Waals surface area contributed by atoms with Crippen LogP contribution in [0.4, 0.5) is 5.69 Å². The van der Waals surface area contributed by atoms with Crippen LogP contribution in [0.5, 0.6) is 11.5 Å². The Morgan fingerprint density at radius 2 is 1.86 bits per heavy atom. The molecule has 0 aliphatic carbocycles. The van der Waals surface area contributed by atoms with Crippen LogP contribution >= 0.6 is 0 Å². The van der Waals surface area contributed by atoms with Gasteiger partial charge in [0.1, 0.15) is 6.54 Å². The molecule has 142 valence electrons. The second kappa shape index (κ2) is 7.19. The number of aromatic nitrogens is 2. The average molecular weight is 377 g/mol. The molecular weight excluding hydrogens is 358 g/mol. The van der Waals surface area contributed by atoms with E-state index in [4.69, 9.17) is 9.47 Å². The predicted octanol–water partition coefficient (Wildman–Crippen LogP) is 2.89. The molecule has 0 saturated carbocycles. The van der Waals surface area contributed by atoms with Gasteiger partial charge in [-0.25, -0.2) is 4.68 Å². The van der Waals surface area contributed by atoms with Crippen molar-refractivity contribution >= 4 is 11.6 Å². The van der Waals surface area contributed by atoms with Crippen molar-refractivity contribution in [1.82, 2.24) is 9.78 Å². The number of rotatable bonds is 4. The lowest BCUT2D eigenvalue weighted by Gasteiger charge is -2.10. The fourth-order valence-corrected chi connectivity index (χ4v) is 2.93. The molecule has 0 spiro atoms. The van der Waals surface area contributed by atoms with Gasteiger partial charge in [-0.15, -0.1) is 0 Å². The molecule has 0 atom stereocenters. The fourth-order valence-electron chi connectivity index (χ4n) is 2.93. The number of benzene rings is 2. The fraction of sp³-hybridized carbons (Fsp3) is 0.190. The van der Waals surface area contributed by atoms with E-state index in [2.05, 4.69) is 10.4 Å². The van der Waals surface area contributed by atoms with Crippen molar-refractivity contribution in [3.8, 4) is 22.8 Å². The van der Waals surface area contributed by atoms with Gasteiger partial charge in [-0.3, -0.25) is 9.59 Å². The number of hydrogen-bond donors (Lipinski definition) is 1. The number of nitrogens with zero attached hydrogens (tertiary/aromatic N) is 2. The standard InChI is InChI=1S/C21H19N3O4/c1-13-3-4-15(9-14(13)2)17-6-8-21(26)24(23-17)11-20(25)22-16-5-7-18-19(10-16)28-12-27-18/h3-10H,11-12H2,1-2H3,(H,22,25). The first-order valence-electron chi connectivity index (χ1n) is 8.85. The summed E-state index contributed by atoms with van der Waals surface area (Å²) in [5.41, 5.74) is 4.07. The van der Waals surface area contributed by atoms with E-state index in [0.717, 1.165) is 15.8 Å². The molecule has 1 aliphatic rings. The third-order valence-electron chi connectivity index (χ3n) is 4.62. The molecule has 0 radical (unpaired) electrons. The summed E-state index contributed by atoms with van der Waals surface area (Å²) in [5.74, 6) is 0.854. The van der Waals surface area contributed by atoms with Gasteiger partial charge in [0.05, 0.1) is 5.69 Å². The van der Waals surface area contributed by atoms with Crippen LogP contribution < -0.4 is 20.3 Å². The van der Waals surface area contributed by atoms with Gasteiger partial charge < -0.3 is 14.8 Å². The molecule has 1 amide bonds. The van der Waals surface area contributed by atoms with Crippen molar-refractivity contribution in [1.29, 1.82) is 0 Å². The summed E-state index contributed by atoms with van der Waals surface area (Å²) >= 11 is 0. The number of amides is 1. The minimum atomic E-state index is -0.356. The van der Waals surface area contributed by atoms with Crippen molar-refractivity contribution in [2.45, 2.75) is 20.4 Å². The largest absolute Gasteiger partial charge is 0.454 e. The summed E-state index contributed by atoms with van der Waals surface area (Å²) in [5, 5.41) is 7.10. The Labute approximate surface area is 161 Å². The molecular formula is C21H19N3O4. The molecule has 0 saturated heterocycles. The number of carbonyl (C=O) groups excluding carboxylic acids is 1. The van der Waals surface area contributed by atoms with Gasteiger partial charge in [0.25, 0.3) is 5.56 Å². The highest BCUT2D eigenvalue weighted by Crippen LogP contribution is 2.34. The zero-order valence-corrected chi connectivity index (χ0v) is 15.6. The molecule has 0 bridgehead atoms. The van der Waals surface area contributed by atoms with Crippen LogP contribution in [0.3, 0.4) is 0 Å². The number of nitrogens with one attached hydrogen (secondary N) is 1. The zero-order chi connectivity index (χ0) is 19.7. The molecule has 3 aromatic rings. The summed E-state index contributed by atoms with van der Waals surface area (Å²) in [6.45, 7) is 4.03. The SMILES string of the molecule is Cc1ccc(-c2ccc(=O)n(CC(=O)Nc3ccc4c(c3)OCO4)n2)cc1C. The maximum atomic E-state index is 12.4. The van der Waals surface area contributed by atoms with E-state index in [1.54, 1.807) is 24.3 Å². The van der Waals surface area contributed by atoms with Gasteiger partial charge in [-0.05, 0) is 49.2 Å². The monoisotopic (exact) mass is 377 g/mol. The number of aryl methyl sites for hydroxylation is 2. The van der Waals surface area contributed by atoms with Gasteiger partial charge in [0.2, 0.25) is 12.7 Å². The number of anilines is 1. The first kappa shape index (κ1) is 17.8. The molecule has 2 heterocycles. The van der Waals surface area contributed by atoms with Crippen LogP contribution in [0, 0.1) is 13.8 Å². The van der Waals surface area contributed by atoms with Crippen LogP contribution in [0.25, 0.3) is 11.3 Å². The van der Waals surface area contributed by atoms with Gasteiger partial charge in [-0.2, -0.15) is 5.10 Å². The van der Waals surface area contributed by atoms with Crippen LogP contribution in [0.2, 0.25) is 0 Å². The highest BCUT2D eigenvalue weighted by atomic mass is 16.7. The van der Waals surface area contributed by atoms with E-state index in [1.807, 2.05) is 32.0 Å². The minimum Gasteiger partial charge on any atom is -0.454 e. The van der Waals surface area contributed by atoms with Crippen molar-refractivity contribution in [2.75, 3.05) is 12.1 Å². The number of fused-ring (bicyclic) bond motifs is 1. The minimum absolute atomic E-state index is 0.164. The third kappa shape index (κ3) is 3.59. The molecule has 7 nitrogen and oxygen atoms in total. The Morgan fingerprint density at radius 1 is 1.04 bits per heavy atom. The Bertz CT molecular complexity index is 1120. The summed E-state index contributed by atoms with van der Waals surface area (Å²) in [6, 6.07) is 14.2. The first-order valence-corrected chi connectivity index (χ1v) is 8.85. The van der Waals surface area contributed by atoms with Gasteiger partial charge in [0, 0.05) is 23.4 Å². The molecule has 0 unspecified atom stereocenters. The smallest absolute Gasteiger partial charge is 0.267 e. The summed E-state index contributed by atoms with van der Waals surface area (Å²) in [6.07, 6.45) is 0. The number of ether oxygens (including phenoxy) is 2. The second-order valence-corrected chi connectivity index (χ2v) is 6.63. The maximum Gasteiger partial charge on any atom is 0.267 e. The van der Waals surface area contributed by atoms with E-state index in [0.29, 0.717) is 22.9 Å². The maximum absolute atomic E-state index is 12.4. The van der Waals surface area contributed by atoms with E-state index in [1.165, 1.54) is 11.6 Å². The van der Waals surface area contributed by atoms with Crippen molar-refractivity contribution < 1.29 is 14.3 Å². The van der Waals surface area contributed by atoms with Crippen LogP contribution in [-0.2, 0) is 11.3 Å². The van der Waals surface area contributed by atoms with Crippen LogP contribution in [0.1, 0.15) is 11.1 Å². The lowest BCUT2D eigenvalue weighted by atomic mass is 10.0. The highest BCUT2D eigenvalue weighted by Gasteiger charge is 2.15. The zero-order valence-electron chi connectivity index (χ0n) is 15.6. The normalized spacial score (nSPS) is 12.1. The van der Waals surface area contributed by atoms with Crippen molar-refractivity contribution in [2.24, 2.45) is 0 Å². The molecule has 1 aliphatic heterocycles. The Kier molecular flexibility index (Phi) is 4.57. The van der Waals surface area contributed by atoms with E-state index in [9.17, 15) is 9.59 Å². The number of carbonyl (C=O) groups is 1. The predicted molar refractivity (Wildman–Crippen MR) is 105 cm³/mol. The Balaban J connectivity index is 1.53. The van der Waals surface area contributed by atoms with Crippen LogP contribution in [-0.4, -0.2) is 22.5 Å². The van der Waals surface area contributed by atoms with Crippen LogP contribution in [0.15, 0.2) is 53.3 Å². The number of hydrogen-bond acceptors (Lipinski definition) is 5. The molecule has 2 aromatic carbocycles. The second-order valence-electron chi connectivity index (χ2n) is 6.63. The molecule has 1 N–H and O–H groups in total. The quantitative estimate of drug-likeness (QED) is 0.756. The van der Waals surface area contributed by atoms with Crippen molar-refractivity contribution in [3.05, 3.63) is 70.0 Å². The van der Waals surface area contributed by atoms with E-state index >= 15 is 0 Å². The summed E-state index contributed by atoms with van der Waals surface area (Å²) in [7, 11) is 0. The molecule has 1 aromatic heterocycles. The van der Waals surface area contributed by atoms with Gasteiger partial charge in [0.15, 0.2) is 11.5 Å². The lowest BCUT2D eigenvalue weighted by molar-refractivity contribution is -0.117. The molecule has 28 heavy (non-hydrogen) atoms. The average Bonchev–Trinajstić information content (AvgIpc) is 3.13. The van der Waals surface area contributed by atoms with Crippen molar-refractivity contribution in [3.63, 3.8) is 0 Å². The van der Waals surface area contributed by atoms with Gasteiger partial charge >= 0.3 is 0 Å². The molecule has 7 heteroatoms.